The smallest absolute Gasteiger partial charge is 0.306 e. The van der Waals surface area contributed by atoms with Gasteiger partial charge in [0.15, 0.2) is 0 Å². The number of carbonyl (C=O) groups excluding carboxylic acids is 2. The zero-order valence-corrected chi connectivity index (χ0v) is 52.7. The summed E-state index contributed by atoms with van der Waals surface area (Å²) in [5, 5.41) is 3.01. The molecule has 1 N–H and O–H groups in total. The average Bonchev–Trinajstić information content (AvgIpc) is 3.41. The van der Waals surface area contributed by atoms with Gasteiger partial charge < -0.3 is 28.5 Å². The Bertz CT molecular complexity index is 1720. The topological polar surface area (TPSA) is 114 Å². The first kappa shape index (κ1) is 75.7. The van der Waals surface area contributed by atoms with E-state index in [1.807, 2.05) is 33.3 Å². The summed E-state index contributed by atoms with van der Waals surface area (Å²) in [6.45, 7) is 6.66. The highest BCUT2D eigenvalue weighted by molar-refractivity contribution is 7.45. The number of allylic oxidation sites excluding steroid dienone is 17. The quantitative estimate of drug-likeness (QED) is 0.0212. The maximum Gasteiger partial charge on any atom is 0.306 e. The van der Waals surface area contributed by atoms with Crippen LogP contribution in [0.3, 0.4) is 0 Å². The minimum absolute atomic E-state index is 0.0350. The van der Waals surface area contributed by atoms with Gasteiger partial charge in [0, 0.05) is 12.8 Å². The Kier molecular flexibility index (Phi) is 55.4. The van der Waals surface area contributed by atoms with Gasteiger partial charge in [-0.15, -0.1) is 0 Å². The monoisotopic (exact) mass is 1120 g/mol. The third kappa shape index (κ3) is 59.1. The molecule has 0 fully saturated rings. The predicted octanol–water partition coefficient (Wildman–Crippen LogP) is 19.5. The number of hydrogen-bond donors (Lipinski definition) is 1. The van der Waals surface area contributed by atoms with Crippen molar-refractivity contribution in [1.82, 2.24) is 5.32 Å². The maximum absolute atomic E-state index is 13.5. The lowest BCUT2D eigenvalue weighted by molar-refractivity contribution is -0.870. The summed E-state index contributed by atoms with van der Waals surface area (Å²) >= 11 is 0. The molecule has 0 aliphatic rings. The molecule has 0 aliphatic heterocycles. The minimum Gasteiger partial charge on any atom is -0.756 e. The molecule has 79 heavy (non-hydrogen) atoms. The normalized spacial score (nSPS) is 14.4. The standard InChI is InChI=1S/C69H121N2O7P/c1-7-10-13-16-19-22-25-28-30-32-33-34-35-36-37-38-39-40-42-44-47-50-53-56-59-62-69(73)78-67(60-57-54-51-48-45-27-24-21-18-15-12-9-3)66(65-77-79(74,75)76-64-63-71(4,5)6)70-68(72)61-58-55-52-49-46-43-41-31-29-26-23-20-17-14-11-8-2/h11,14,19-20,22-23,28-31,33-34,36-37,43,46,57,60,66-67H,7-10,12-13,15-18,21,24-27,32,35,38-42,44-45,47-56,58-59,61-65H2,1-6H3,(H-,70,72,74,75)/b14-11+,22-19-,23-20+,30-28-,31-29+,34-33-,37-36-,46-43+,60-57-. The molecule has 3 atom stereocenters. The van der Waals surface area contributed by atoms with E-state index in [9.17, 15) is 19.0 Å². The Labute approximate surface area is 487 Å². The van der Waals surface area contributed by atoms with Crippen LogP contribution in [-0.2, 0) is 27.9 Å². The highest BCUT2D eigenvalue weighted by Crippen LogP contribution is 2.38. The molecule has 0 spiro atoms. The summed E-state index contributed by atoms with van der Waals surface area (Å²) in [7, 11) is 1.15. The lowest BCUT2D eigenvalue weighted by Crippen LogP contribution is -2.47. The van der Waals surface area contributed by atoms with Crippen molar-refractivity contribution in [3.8, 4) is 0 Å². The van der Waals surface area contributed by atoms with E-state index in [4.69, 9.17) is 13.8 Å². The first-order chi connectivity index (χ1) is 38.4. The Hall–Kier alpha value is -3.33. The molecule has 9 nitrogen and oxygen atoms in total. The minimum atomic E-state index is -4.72. The van der Waals surface area contributed by atoms with Crippen LogP contribution in [0.5, 0.6) is 0 Å². The van der Waals surface area contributed by atoms with Crippen LogP contribution in [0, 0.1) is 0 Å². The number of rotatable bonds is 57. The lowest BCUT2D eigenvalue weighted by Gasteiger charge is -2.30. The van der Waals surface area contributed by atoms with Gasteiger partial charge >= 0.3 is 5.97 Å². The lowest BCUT2D eigenvalue weighted by atomic mass is 10.0. The number of unbranched alkanes of at least 4 members (excludes halogenated alkanes) is 25. The number of phosphoric ester groups is 1. The zero-order valence-electron chi connectivity index (χ0n) is 51.8. The fraction of sp³-hybridized carbons (Fsp3) is 0.710. The molecule has 10 heteroatoms. The molecule has 0 aromatic carbocycles. The third-order valence-electron chi connectivity index (χ3n) is 13.7. The van der Waals surface area contributed by atoms with Crippen LogP contribution >= 0.6 is 7.82 Å². The molecular formula is C69H121N2O7P. The summed E-state index contributed by atoms with van der Waals surface area (Å²) in [5.41, 5.74) is 0. The van der Waals surface area contributed by atoms with Gasteiger partial charge in [-0.25, -0.2) is 0 Å². The van der Waals surface area contributed by atoms with Crippen molar-refractivity contribution in [3.05, 3.63) is 109 Å². The largest absolute Gasteiger partial charge is 0.756 e. The molecular weight excluding hydrogens is 1000 g/mol. The van der Waals surface area contributed by atoms with Crippen LogP contribution in [0.15, 0.2) is 109 Å². The van der Waals surface area contributed by atoms with Crippen molar-refractivity contribution >= 4 is 19.7 Å². The van der Waals surface area contributed by atoms with Crippen molar-refractivity contribution in [2.45, 2.75) is 277 Å². The highest BCUT2D eigenvalue weighted by atomic mass is 31.2. The Morgan fingerprint density at radius 3 is 1.25 bits per heavy atom. The number of likely N-dealkylation sites (N-methyl/N-ethyl adjacent to an activating group) is 1. The van der Waals surface area contributed by atoms with Gasteiger partial charge in [-0.2, -0.15) is 0 Å². The summed E-state index contributed by atoms with van der Waals surface area (Å²) in [5.74, 6) is -0.589. The number of carbonyl (C=O) groups is 2. The molecule has 0 aliphatic carbocycles. The van der Waals surface area contributed by atoms with Crippen molar-refractivity contribution in [3.63, 3.8) is 0 Å². The maximum atomic E-state index is 13.5. The molecule has 0 saturated heterocycles. The van der Waals surface area contributed by atoms with Crippen LogP contribution in [-0.4, -0.2) is 69.4 Å². The number of amides is 1. The fourth-order valence-electron chi connectivity index (χ4n) is 8.73. The molecule has 0 bridgehead atoms. The number of ether oxygens (including phenoxy) is 1. The highest BCUT2D eigenvalue weighted by Gasteiger charge is 2.27. The van der Waals surface area contributed by atoms with E-state index in [2.05, 4.69) is 123 Å². The average molecular weight is 1120 g/mol. The van der Waals surface area contributed by atoms with Gasteiger partial charge in [0.05, 0.1) is 33.8 Å². The number of nitrogens with zero attached hydrogens (tertiary/aromatic N) is 1. The Morgan fingerprint density at radius 1 is 0.456 bits per heavy atom. The first-order valence-electron chi connectivity index (χ1n) is 32.2. The van der Waals surface area contributed by atoms with Gasteiger partial charge in [-0.3, -0.25) is 14.2 Å². The molecule has 454 valence electrons. The SMILES string of the molecule is CC/C=C/C/C=C/C/C=C/C/C=C/CCCCCC(=O)NC(COP(=O)([O-])OCC[N+](C)(C)C)C(/C=C\CCCCCCCCCCCC)OC(=O)CCCCCCCCCCC/C=C\C/C=C\C/C=C\C/C=C\CCCCC. The zero-order chi connectivity index (χ0) is 57.9. The van der Waals surface area contributed by atoms with Gasteiger partial charge in [0.25, 0.3) is 7.82 Å². The van der Waals surface area contributed by atoms with E-state index in [1.54, 1.807) is 0 Å². The molecule has 0 heterocycles. The van der Waals surface area contributed by atoms with Gasteiger partial charge in [-0.1, -0.05) is 246 Å². The second kappa shape index (κ2) is 57.9. The van der Waals surface area contributed by atoms with Crippen LogP contribution < -0.4 is 10.2 Å². The number of hydrogen-bond acceptors (Lipinski definition) is 7. The van der Waals surface area contributed by atoms with Crippen molar-refractivity contribution < 1.29 is 37.3 Å². The van der Waals surface area contributed by atoms with E-state index >= 15 is 0 Å². The summed E-state index contributed by atoms with van der Waals surface area (Å²) in [4.78, 5) is 40.0. The molecule has 0 radical (unpaired) electrons. The van der Waals surface area contributed by atoms with Crippen molar-refractivity contribution in [2.24, 2.45) is 0 Å². The number of phosphoric acid groups is 1. The number of esters is 1. The second-order valence-electron chi connectivity index (χ2n) is 22.5. The summed E-state index contributed by atoms with van der Waals surface area (Å²) in [6.07, 6.45) is 79.2. The fourth-order valence-corrected chi connectivity index (χ4v) is 9.45. The molecule has 0 rings (SSSR count). The number of quaternary nitrogens is 1. The van der Waals surface area contributed by atoms with Gasteiger partial charge in [0.2, 0.25) is 5.91 Å². The van der Waals surface area contributed by atoms with E-state index in [0.717, 1.165) is 109 Å². The van der Waals surface area contributed by atoms with Crippen LogP contribution in [0.25, 0.3) is 0 Å². The first-order valence-corrected chi connectivity index (χ1v) is 33.7. The van der Waals surface area contributed by atoms with Crippen LogP contribution in [0.2, 0.25) is 0 Å². The van der Waals surface area contributed by atoms with Crippen LogP contribution in [0.1, 0.15) is 265 Å². The second-order valence-corrected chi connectivity index (χ2v) is 23.9. The van der Waals surface area contributed by atoms with Crippen molar-refractivity contribution in [1.29, 1.82) is 0 Å². The summed E-state index contributed by atoms with van der Waals surface area (Å²) < 4.78 is 30.3. The Balaban J connectivity index is 5.21. The van der Waals surface area contributed by atoms with Gasteiger partial charge in [-0.05, 0) is 115 Å². The molecule has 0 aromatic rings. The van der Waals surface area contributed by atoms with E-state index in [-0.39, 0.29) is 31.3 Å². The van der Waals surface area contributed by atoms with E-state index < -0.39 is 26.6 Å². The van der Waals surface area contributed by atoms with Gasteiger partial charge in [0.1, 0.15) is 19.3 Å². The molecule has 0 aromatic heterocycles. The van der Waals surface area contributed by atoms with E-state index in [1.165, 1.54) is 109 Å². The Morgan fingerprint density at radius 2 is 0.810 bits per heavy atom. The summed E-state index contributed by atoms with van der Waals surface area (Å²) in [6, 6.07) is -0.914. The third-order valence-corrected chi connectivity index (χ3v) is 14.7. The van der Waals surface area contributed by atoms with E-state index in [0.29, 0.717) is 23.9 Å². The number of nitrogens with one attached hydrogen (secondary N) is 1. The van der Waals surface area contributed by atoms with Crippen molar-refractivity contribution in [2.75, 3.05) is 40.9 Å². The molecule has 3 unspecified atom stereocenters. The van der Waals surface area contributed by atoms with Crippen LogP contribution in [0.4, 0.5) is 0 Å². The predicted molar refractivity (Wildman–Crippen MR) is 339 cm³/mol. The molecule has 1 amide bonds. The molecule has 0 saturated carbocycles.